The van der Waals surface area contributed by atoms with Crippen molar-refractivity contribution in [2.75, 3.05) is 20.2 Å². The second-order valence-electron chi connectivity index (χ2n) is 7.94. The van der Waals surface area contributed by atoms with Crippen LogP contribution in [0.1, 0.15) is 33.8 Å². The number of carbonyl (C=O) groups excluding carboxylic acids is 1. The van der Waals surface area contributed by atoms with Gasteiger partial charge in [0, 0.05) is 36.3 Å². The van der Waals surface area contributed by atoms with E-state index in [1.807, 2.05) is 37.3 Å². The SMILES string of the molecule is COc1ccc(CN2CCC(NC(=O)c3sc(-c4cccc(Cl)c4)nc3C)CC2)cc1F. The molecule has 0 unspecified atom stereocenters. The molecule has 0 spiro atoms. The number of benzene rings is 2. The molecule has 5 nitrogen and oxygen atoms in total. The zero-order valence-corrected chi connectivity index (χ0v) is 19.6. The lowest BCUT2D eigenvalue weighted by atomic mass is 10.0. The van der Waals surface area contributed by atoms with Crippen LogP contribution in [0.4, 0.5) is 4.39 Å². The van der Waals surface area contributed by atoms with E-state index in [0.29, 0.717) is 16.4 Å². The molecule has 1 N–H and O–H groups in total. The second kappa shape index (κ2) is 9.98. The molecule has 0 bridgehead atoms. The van der Waals surface area contributed by atoms with Gasteiger partial charge in [0.2, 0.25) is 0 Å². The minimum atomic E-state index is -0.343. The van der Waals surface area contributed by atoms with Crippen LogP contribution in [-0.2, 0) is 6.54 Å². The lowest BCUT2D eigenvalue weighted by molar-refractivity contribution is 0.0912. The van der Waals surface area contributed by atoms with Gasteiger partial charge >= 0.3 is 0 Å². The van der Waals surface area contributed by atoms with Crippen molar-refractivity contribution >= 4 is 28.8 Å². The van der Waals surface area contributed by atoms with E-state index in [2.05, 4.69) is 15.2 Å². The molecule has 32 heavy (non-hydrogen) atoms. The van der Waals surface area contributed by atoms with Crippen molar-refractivity contribution in [3.05, 3.63) is 69.4 Å². The summed E-state index contributed by atoms with van der Waals surface area (Å²) in [6.07, 6.45) is 1.70. The third-order valence-electron chi connectivity index (χ3n) is 5.62. The number of carbonyl (C=O) groups is 1. The van der Waals surface area contributed by atoms with Crippen molar-refractivity contribution in [3.8, 4) is 16.3 Å². The van der Waals surface area contributed by atoms with Gasteiger partial charge in [0.15, 0.2) is 11.6 Å². The molecule has 1 aromatic heterocycles. The van der Waals surface area contributed by atoms with Gasteiger partial charge < -0.3 is 10.1 Å². The Morgan fingerprint density at radius 2 is 2.06 bits per heavy atom. The number of likely N-dealkylation sites (tertiary alicyclic amines) is 1. The van der Waals surface area contributed by atoms with E-state index in [9.17, 15) is 9.18 Å². The minimum Gasteiger partial charge on any atom is -0.494 e. The maximum absolute atomic E-state index is 13.9. The van der Waals surface area contributed by atoms with E-state index in [-0.39, 0.29) is 23.5 Å². The molecule has 1 fully saturated rings. The summed E-state index contributed by atoms with van der Waals surface area (Å²) >= 11 is 7.47. The fourth-order valence-corrected chi connectivity index (χ4v) is 5.06. The normalized spacial score (nSPS) is 15.0. The summed E-state index contributed by atoms with van der Waals surface area (Å²) in [5.41, 5.74) is 2.55. The van der Waals surface area contributed by atoms with E-state index in [4.69, 9.17) is 16.3 Å². The number of methoxy groups -OCH3 is 1. The Morgan fingerprint density at radius 3 is 2.75 bits per heavy atom. The number of nitrogens with zero attached hydrogens (tertiary/aromatic N) is 2. The van der Waals surface area contributed by atoms with Crippen LogP contribution in [0.3, 0.4) is 0 Å². The van der Waals surface area contributed by atoms with Crippen LogP contribution in [0, 0.1) is 12.7 Å². The Hall–Kier alpha value is -2.48. The Morgan fingerprint density at radius 1 is 1.28 bits per heavy atom. The van der Waals surface area contributed by atoms with E-state index in [0.717, 1.165) is 47.8 Å². The average molecular weight is 474 g/mol. The zero-order chi connectivity index (χ0) is 22.7. The van der Waals surface area contributed by atoms with Crippen LogP contribution >= 0.6 is 22.9 Å². The minimum absolute atomic E-state index is 0.0797. The topological polar surface area (TPSA) is 54.5 Å². The number of amides is 1. The lowest BCUT2D eigenvalue weighted by Crippen LogP contribution is -2.44. The van der Waals surface area contributed by atoms with Crippen molar-refractivity contribution in [1.29, 1.82) is 0 Å². The first kappa shape index (κ1) is 22.7. The number of hydrogen-bond acceptors (Lipinski definition) is 5. The first-order chi connectivity index (χ1) is 15.4. The van der Waals surface area contributed by atoms with Gasteiger partial charge in [-0.2, -0.15) is 0 Å². The quantitative estimate of drug-likeness (QED) is 0.527. The fourth-order valence-electron chi connectivity index (χ4n) is 3.90. The molecule has 1 amide bonds. The van der Waals surface area contributed by atoms with Crippen molar-refractivity contribution in [1.82, 2.24) is 15.2 Å². The van der Waals surface area contributed by atoms with Gasteiger partial charge in [0.05, 0.1) is 12.8 Å². The van der Waals surface area contributed by atoms with Gasteiger partial charge in [-0.05, 0) is 49.6 Å². The highest BCUT2D eigenvalue weighted by Gasteiger charge is 2.24. The highest BCUT2D eigenvalue weighted by Crippen LogP contribution is 2.30. The molecule has 168 valence electrons. The third kappa shape index (κ3) is 5.28. The van der Waals surface area contributed by atoms with Crippen LogP contribution in [0.25, 0.3) is 10.6 Å². The van der Waals surface area contributed by atoms with Crippen molar-refractivity contribution in [3.63, 3.8) is 0 Å². The molecule has 0 atom stereocenters. The Labute approximate surface area is 196 Å². The predicted octanol–water partition coefficient (Wildman–Crippen LogP) is 5.31. The number of halogens is 2. The average Bonchev–Trinajstić information content (AvgIpc) is 3.17. The number of hydrogen-bond donors (Lipinski definition) is 1. The molecule has 1 saturated heterocycles. The predicted molar refractivity (Wildman–Crippen MR) is 126 cm³/mol. The largest absolute Gasteiger partial charge is 0.494 e. The van der Waals surface area contributed by atoms with E-state index >= 15 is 0 Å². The third-order valence-corrected chi connectivity index (χ3v) is 7.06. The number of aromatic nitrogens is 1. The highest BCUT2D eigenvalue weighted by atomic mass is 35.5. The van der Waals surface area contributed by atoms with Crippen LogP contribution in [0.5, 0.6) is 5.75 Å². The standard InChI is InChI=1S/C24H25ClFN3O2S/c1-15-22(32-24(27-15)17-4-3-5-18(25)13-17)23(30)28-19-8-10-29(11-9-19)14-16-6-7-21(31-2)20(26)12-16/h3-7,12-13,19H,8-11,14H2,1-2H3,(H,28,30). The molecule has 2 aromatic carbocycles. The number of nitrogens with one attached hydrogen (secondary N) is 1. The van der Waals surface area contributed by atoms with Gasteiger partial charge in [-0.3, -0.25) is 9.69 Å². The van der Waals surface area contributed by atoms with Crippen LogP contribution < -0.4 is 10.1 Å². The first-order valence-electron chi connectivity index (χ1n) is 10.5. The van der Waals surface area contributed by atoms with Gasteiger partial charge in [0.25, 0.3) is 5.91 Å². The molecule has 0 radical (unpaired) electrons. The summed E-state index contributed by atoms with van der Waals surface area (Å²) in [5.74, 6) is -0.166. The molecule has 0 saturated carbocycles. The zero-order valence-electron chi connectivity index (χ0n) is 18.0. The van der Waals surface area contributed by atoms with Gasteiger partial charge in [0.1, 0.15) is 9.88 Å². The molecule has 2 heterocycles. The number of ether oxygens (including phenoxy) is 1. The van der Waals surface area contributed by atoms with Gasteiger partial charge in [-0.15, -0.1) is 11.3 Å². The number of piperidine rings is 1. The summed E-state index contributed by atoms with van der Waals surface area (Å²) in [4.78, 5) is 20.4. The lowest BCUT2D eigenvalue weighted by Gasteiger charge is -2.32. The summed E-state index contributed by atoms with van der Waals surface area (Å²) in [6.45, 7) is 4.22. The molecule has 0 aliphatic carbocycles. The van der Waals surface area contributed by atoms with Crippen LogP contribution in [-0.4, -0.2) is 42.0 Å². The van der Waals surface area contributed by atoms with E-state index in [1.54, 1.807) is 6.07 Å². The van der Waals surface area contributed by atoms with Crippen LogP contribution in [0.15, 0.2) is 42.5 Å². The van der Waals surface area contributed by atoms with Crippen molar-refractivity contribution in [2.24, 2.45) is 0 Å². The monoisotopic (exact) mass is 473 g/mol. The maximum atomic E-state index is 13.9. The summed E-state index contributed by atoms with van der Waals surface area (Å²) in [6, 6.07) is 12.7. The summed E-state index contributed by atoms with van der Waals surface area (Å²) in [7, 11) is 1.46. The molecule has 8 heteroatoms. The fraction of sp³-hybridized carbons (Fsp3) is 0.333. The molecule has 1 aliphatic rings. The van der Waals surface area contributed by atoms with Crippen molar-refractivity contribution in [2.45, 2.75) is 32.4 Å². The Kier molecular flexibility index (Phi) is 7.08. The molecule has 1 aliphatic heterocycles. The Balaban J connectivity index is 1.32. The maximum Gasteiger partial charge on any atom is 0.263 e. The van der Waals surface area contributed by atoms with E-state index in [1.165, 1.54) is 24.5 Å². The molecule has 4 rings (SSSR count). The molecule has 3 aromatic rings. The number of rotatable bonds is 6. The first-order valence-corrected chi connectivity index (χ1v) is 11.7. The summed E-state index contributed by atoms with van der Waals surface area (Å²) in [5, 5.41) is 4.60. The number of thiazole rings is 1. The molecular formula is C24H25ClFN3O2S. The van der Waals surface area contributed by atoms with Gasteiger partial charge in [-0.25, -0.2) is 9.37 Å². The summed E-state index contributed by atoms with van der Waals surface area (Å²) < 4.78 is 18.9. The Bertz CT molecular complexity index is 1110. The van der Waals surface area contributed by atoms with Gasteiger partial charge in [-0.1, -0.05) is 29.8 Å². The molecular weight excluding hydrogens is 449 g/mol. The second-order valence-corrected chi connectivity index (χ2v) is 9.37. The smallest absolute Gasteiger partial charge is 0.263 e. The van der Waals surface area contributed by atoms with Crippen molar-refractivity contribution < 1.29 is 13.9 Å². The number of aryl methyl sites for hydroxylation is 1. The van der Waals surface area contributed by atoms with E-state index < -0.39 is 0 Å². The van der Waals surface area contributed by atoms with Crippen LogP contribution in [0.2, 0.25) is 5.02 Å². The highest BCUT2D eigenvalue weighted by molar-refractivity contribution is 7.17.